The van der Waals surface area contributed by atoms with Gasteiger partial charge in [-0.05, 0) is 49.2 Å². The van der Waals surface area contributed by atoms with Crippen molar-refractivity contribution in [3.8, 4) is 5.75 Å². The predicted octanol–water partition coefficient (Wildman–Crippen LogP) is 3.54. The lowest BCUT2D eigenvalue weighted by atomic mass is 10.1. The highest BCUT2D eigenvalue weighted by Crippen LogP contribution is 2.18. The number of hydrogen-bond acceptors (Lipinski definition) is 5. The van der Waals surface area contributed by atoms with E-state index in [4.69, 9.17) is 9.47 Å². The molecule has 3 aromatic rings. The van der Waals surface area contributed by atoms with Gasteiger partial charge in [-0.25, -0.2) is 4.98 Å². The van der Waals surface area contributed by atoms with Crippen LogP contribution >= 0.6 is 0 Å². The van der Waals surface area contributed by atoms with E-state index in [1.54, 1.807) is 18.3 Å². The van der Waals surface area contributed by atoms with E-state index >= 15 is 0 Å². The standard InChI is InChI=1S/C26H32N4O3/c1-19-15-30(16-20(2)33-19)17-23-7-5-4-6-22(23)14-28-26(31)21-8-10-24(11-9-21)32-18-25-27-12-13-29(25)3/h4-13,19-20H,14-18H2,1-3H3,(H,28,31). The van der Waals surface area contributed by atoms with E-state index in [0.29, 0.717) is 24.5 Å². The van der Waals surface area contributed by atoms with Gasteiger partial charge >= 0.3 is 0 Å². The van der Waals surface area contributed by atoms with Crippen LogP contribution in [0.1, 0.15) is 41.2 Å². The normalized spacial score (nSPS) is 18.8. The minimum Gasteiger partial charge on any atom is -0.486 e. The number of aromatic nitrogens is 2. The van der Waals surface area contributed by atoms with Crippen molar-refractivity contribution in [1.82, 2.24) is 19.8 Å². The number of nitrogens with one attached hydrogen (secondary N) is 1. The first kappa shape index (κ1) is 23.0. The zero-order valence-electron chi connectivity index (χ0n) is 19.5. The predicted molar refractivity (Wildman–Crippen MR) is 127 cm³/mol. The lowest BCUT2D eigenvalue weighted by Crippen LogP contribution is -2.45. The van der Waals surface area contributed by atoms with Crippen LogP contribution in [-0.4, -0.2) is 45.7 Å². The Hall–Kier alpha value is -3.16. The molecule has 1 aliphatic rings. The number of amides is 1. The molecule has 0 radical (unpaired) electrons. The Morgan fingerprint density at radius 3 is 2.45 bits per heavy atom. The third-order valence-corrected chi connectivity index (χ3v) is 5.85. The second-order valence-corrected chi connectivity index (χ2v) is 8.67. The van der Waals surface area contributed by atoms with Gasteiger partial charge in [0, 0.05) is 51.2 Å². The Morgan fingerprint density at radius 2 is 1.79 bits per heavy atom. The number of morpholine rings is 1. The van der Waals surface area contributed by atoms with E-state index in [1.807, 2.05) is 36.0 Å². The van der Waals surface area contributed by atoms with Crippen molar-refractivity contribution in [2.24, 2.45) is 7.05 Å². The Morgan fingerprint density at radius 1 is 1.09 bits per heavy atom. The molecule has 2 unspecified atom stereocenters. The van der Waals surface area contributed by atoms with E-state index in [2.05, 4.69) is 47.2 Å². The zero-order chi connectivity index (χ0) is 23.2. The van der Waals surface area contributed by atoms with Crippen molar-refractivity contribution in [1.29, 1.82) is 0 Å². The molecular formula is C26H32N4O3. The molecule has 1 aliphatic heterocycles. The summed E-state index contributed by atoms with van der Waals surface area (Å²) in [7, 11) is 1.93. The van der Waals surface area contributed by atoms with Crippen LogP contribution in [0, 0.1) is 0 Å². The van der Waals surface area contributed by atoms with Gasteiger partial charge in [-0.15, -0.1) is 0 Å². The molecule has 33 heavy (non-hydrogen) atoms. The fourth-order valence-corrected chi connectivity index (χ4v) is 4.20. The number of ether oxygens (including phenoxy) is 2. The Bertz CT molecular complexity index is 1050. The summed E-state index contributed by atoms with van der Waals surface area (Å²) >= 11 is 0. The average molecular weight is 449 g/mol. The molecule has 2 atom stereocenters. The highest BCUT2D eigenvalue weighted by molar-refractivity contribution is 5.94. The third kappa shape index (κ3) is 6.21. The molecule has 4 rings (SSSR count). The summed E-state index contributed by atoms with van der Waals surface area (Å²) < 4.78 is 13.5. The van der Waals surface area contributed by atoms with Crippen molar-refractivity contribution in [2.75, 3.05) is 13.1 Å². The van der Waals surface area contributed by atoms with Gasteiger partial charge in [0.15, 0.2) is 0 Å². The number of imidazole rings is 1. The summed E-state index contributed by atoms with van der Waals surface area (Å²) in [6.45, 7) is 7.78. The van der Waals surface area contributed by atoms with Gasteiger partial charge in [0.2, 0.25) is 0 Å². The topological polar surface area (TPSA) is 68.6 Å². The van der Waals surface area contributed by atoms with Gasteiger partial charge < -0.3 is 19.4 Å². The monoisotopic (exact) mass is 448 g/mol. The summed E-state index contributed by atoms with van der Waals surface area (Å²) in [6, 6.07) is 15.5. The SMILES string of the molecule is CC1CN(Cc2ccccc2CNC(=O)c2ccc(OCc3nccn3C)cc2)CC(C)O1. The molecule has 0 spiro atoms. The molecule has 0 aliphatic carbocycles. The van der Waals surface area contributed by atoms with Crippen LogP contribution in [0.3, 0.4) is 0 Å². The molecule has 1 fully saturated rings. The second-order valence-electron chi connectivity index (χ2n) is 8.67. The minimum atomic E-state index is -0.103. The van der Waals surface area contributed by atoms with Crippen molar-refractivity contribution in [2.45, 2.75) is 45.8 Å². The quantitative estimate of drug-likeness (QED) is 0.571. The van der Waals surface area contributed by atoms with Crippen LogP contribution in [-0.2, 0) is 31.5 Å². The van der Waals surface area contributed by atoms with Gasteiger partial charge in [-0.1, -0.05) is 24.3 Å². The van der Waals surface area contributed by atoms with Crippen molar-refractivity contribution in [3.05, 3.63) is 83.4 Å². The van der Waals surface area contributed by atoms with Crippen LogP contribution in [0.15, 0.2) is 60.9 Å². The molecular weight excluding hydrogens is 416 g/mol. The molecule has 2 aromatic carbocycles. The van der Waals surface area contributed by atoms with Gasteiger partial charge in [0.1, 0.15) is 18.2 Å². The number of benzene rings is 2. The number of carbonyl (C=O) groups is 1. The molecule has 0 bridgehead atoms. The van der Waals surface area contributed by atoms with Crippen molar-refractivity contribution >= 4 is 5.91 Å². The Labute approximate surface area is 195 Å². The lowest BCUT2D eigenvalue weighted by Gasteiger charge is -2.35. The zero-order valence-corrected chi connectivity index (χ0v) is 19.5. The van der Waals surface area contributed by atoms with E-state index in [-0.39, 0.29) is 18.1 Å². The lowest BCUT2D eigenvalue weighted by molar-refractivity contribution is -0.0705. The summed E-state index contributed by atoms with van der Waals surface area (Å²) in [6.07, 6.45) is 4.09. The second kappa shape index (κ2) is 10.6. The van der Waals surface area contributed by atoms with Crippen molar-refractivity contribution in [3.63, 3.8) is 0 Å². The number of aryl methyl sites for hydroxylation is 1. The fraction of sp³-hybridized carbons (Fsp3) is 0.385. The van der Waals surface area contributed by atoms with Crippen LogP contribution in [0.5, 0.6) is 5.75 Å². The summed E-state index contributed by atoms with van der Waals surface area (Å²) in [5.74, 6) is 1.44. The fourth-order valence-electron chi connectivity index (χ4n) is 4.20. The first-order valence-corrected chi connectivity index (χ1v) is 11.4. The molecule has 7 heteroatoms. The minimum absolute atomic E-state index is 0.103. The first-order chi connectivity index (χ1) is 16.0. The maximum absolute atomic E-state index is 12.7. The van der Waals surface area contributed by atoms with E-state index in [1.165, 1.54) is 5.56 Å². The van der Waals surface area contributed by atoms with Crippen LogP contribution < -0.4 is 10.1 Å². The maximum Gasteiger partial charge on any atom is 0.251 e. The van der Waals surface area contributed by atoms with Crippen molar-refractivity contribution < 1.29 is 14.3 Å². The number of nitrogens with zero attached hydrogens (tertiary/aromatic N) is 3. The van der Waals surface area contributed by atoms with Gasteiger partial charge in [-0.2, -0.15) is 0 Å². The van der Waals surface area contributed by atoms with Crippen LogP contribution in [0.4, 0.5) is 0 Å². The molecule has 1 N–H and O–H groups in total. The molecule has 0 saturated carbocycles. The summed E-state index contributed by atoms with van der Waals surface area (Å²) in [4.78, 5) is 19.4. The van der Waals surface area contributed by atoms with E-state index in [9.17, 15) is 4.79 Å². The van der Waals surface area contributed by atoms with Gasteiger partial charge in [0.05, 0.1) is 12.2 Å². The van der Waals surface area contributed by atoms with Crippen LogP contribution in [0.25, 0.3) is 0 Å². The maximum atomic E-state index is 12.7. The highest BCUT2D eigenvalue weighted by Gasteiger charge is 2.22. The van der Waals surface area contributed by atoms with Gasteiger partial charge in [0.25, 0.3) is 5.91 Å². The number of carbonyl (C=O) groups excluding carboxylic acids is 1. The third-order valence-electron chi connectivity index (χ3n) is 5.85. The van der Waals surface area contributed by atoms with Crippen LogP contribution in [0.2, 0.25) is 0 Å². The van der Waals surface area contributed by atoms with E-state index < -0.39 is 0 Å². The first-order valence-electron chi connectivity index (χ1n) is 11.4. The molecule has 174 valence electrons. The smallest absolute Gasteiger partial charge is 0.251 e. The Balaban J connectivity index is 1.32. The average Bonchev–Trinajstić information content (AvgIpc) is 3.21. The molecule has 7 nitrogen and oxygen atoms in total. The van der Waals surface area contributed by atoms with Gasteiger partial charge in [-0.3, -0.25) is 9.69 Å². The van der Waals surface area contributed by atoms with E-state index in [0.717, 1.165) is 31.0 Å². The highest BCUT2D eigenvalue weighted by atomic mass is 16.5. The largest absolute Gasteiger partial charge is 0.486 e. The molecule has 2 heterocycles. The molecule has 1 saturated heterocycles. The number of hydrogen-bond donors (Lipinski definition) is 1. The molecule has 1 amide bonds. The summed E-state index contributed by atoms with van der Waals surface area (Å²) in [5.41, 5.74) is 2.97. The Kier molecular flexibility index (Phi) is 7.42. The number of rotatable bonds is 8. The summed E-state index contributed by atoms with van der Waals surface area (Å²) in [5, 5.41) is 3.06. The molecule has 1 aromatic heterocycles.